The number of anilines is 4. The molecule has 6 N–H and O–H groups in total. The van der Waals surface area contributed by atoms with Crippen molar-refractivity contribution < 1.29 is 61.5 Å². The second kappa shape index (κ2) is 14.4. The minimum atomic E-state index is -5.40. The van der Waals surface area contributed by atoms with Gasteiger partial charge in [0.1, 0.15) is 51.9 Å². The molecule has 6 rings (SSSR count). The van der Waals surface area contributed by atoms with Gasteiger partial charge in [-0.1, -0.05) is 24.3 Å². The molecule has 2 aliphatic carbocycles. The number of hydrazone groups is 2. The first kappa shape index (κ1) is 41.5. The maximum absolute atomic E-state index is 13.3. The van der Waals surface area contributed by atoms with Crippen molar-refractivity contribution in [2.75, 3.05) is 22.3 Å². The lowest BCUT2D eigenvalue weighted by Crippen LogP contribution is -2.23. The SMILES string of the molecule is Cc1cc(-c2ccc(NN=C3C=Cc4c(S(=O)(=O)[O-])cc(S(=O)(=O)[O-])c(N)c4C3=O)c(C)c2)ccc1NN=C1C=Cc2c(S(=O)(=O)[O-])cc(S(=O)(=O)[O-])c(N)c2C1=O. The van der Waals surface area contributed by atoms with Gasteiger partial charge in [0.05, 0.1) is 53.5 Å². The number of nitrogens with zero attached hydrogens (tertiary/aromatic N) is 2. The summed E-state index contributed by atoms with van der Waals surface area (Å²) in [6, 6.07) is 10.8. The number of nitrogens with one attached hydrogen (secondary N) is 2. The van der Waals surface area contributed by atoms with E-state index in [0.29, 0.717) is 45.8 Å². The van der Waals surface area contributed by atoms with Crippen LogP contribution in [-0.4, -0.2) is 74.9 Å². The average Bonchev–Trinajstić information content (AvgIpc) is 3.09. The Morgan fingerprint density at radius 2 is 0.828 bits per heavy atom. The van der Waals surface area contributed by atoms with E-state index < -0.39 is 105 Å². The van der Waals surface area contributed by atoms with E-state index >= 15 is 0 Å². The maximum Gasteiger partial charge on any atom is 0.215 e. The summed E-state index contributed by atoms with van der Waals surface area (Å²) in [5, 5.41) is 8.08. The molecule has 24 heteroatoms. The minimum absolute atomic E-state index is 0.313. The van der Waals surface area contributed by atoms with Crippen molar-refractivity contribution in [3.05, 3.63) is 94.1 Å². The molecule has 0 spiro atoms. The highest BCUT2D eigenvalue weighted by Gasteiger charge is 2.31. The second-order valence-corrected chi connectivity index (χ2v) is 18.0. The van der Waals surface area contributed by atoms with Crippen molar-refractivity contribution in [3.8, 4) is 11.1 Å². The van der Waals surface area contributed by atoms with Gasteiger partial charge in [0.2, 0.25) is 11.6 Å². The highest BCUT2D eigenvalue weighted by molar-refractivity contribution is 7.87. The number of nitrogens with two attached hydrogens (primary N) is 2. The van der Waals surface area contributed by atoms with Crippen LogP contribution >= 0.6 is 0 Å². The van der Waals surface area contributed by atoms with Crippen LogP contribution in [-0.2, 0) is 40.5 Å². The van der Waals surface area contributed by atoms with E-state index in [0.717, 1.165) is 24.3 Å². The smallest absolute Gasteiger partial charge is 0.215 e. The van der Waals surface area contributed by atoms with Gasteiger partial charge in [-0.15, -0.1) is 0 Å². The zero-order valence-electron chi connectivity index (χ0n) is 29.3. The number of hydrogen-bond acceptors (Lipinski definition) is 20. The number of nitrogen functional groups attached to an aromatic ring is 2. The number of aryl methyl sites for hydroxylation is 2. The molecular formula is C34H24N6O14S4-4. The Labute approximate surface area is 329 Å². The molecule has 0 unspecified atom stereocenters. The van der Waals surface area contributed by atoms with E-state index in [9.17, 15) is 61.5 Å². The number of allylic oxidation sites excluding steroid dienone is 2. The number of rotatable bonds is 9. The van der Waals surface area contributed by atoms with Crippen molar-refractivity contribution >= 4 is 98.4 Å². The predicted molar refractivity (Wildman–Crippen MR) is 204 cm³/mol. The van der Waals surface area contributed by atoms with Gasteiger partial charge >= 0.3 is 0 Å². The molecule has 0 saturated heterocycles. The van der Waals surface area contributed by atoms with Gasteiger partial charge in [0.15, 0.2) is 0 Å². The topological polar surface area (TPSA) is 364 Å². The molecule has 0 saturated carbocycles. The van der Waals surface area contributed by atoms with Crippen LogP contribution in [0.2, 0.25) is 0 Å². The Balaban J connectivity index is 1.23. The second-order valence-electron chi connectivity index (χ2n) is 12.6. The largest absolute Gasteiger partial charge is 0.744 e. The normalized spacial score (nSPS) is 15.8. The third kappa shape index (κ3) is 7.77. The lowest BCUT2D eigenvalue weighted by Gasteiger charge is -2.22. The first-order valence-corrected chi connectivity index (χ1v) is 21.5. The van der Waals surface area contributed by atoms with Gasteiger partial charge in [-0.05, 0) is 84.7 Å². The van der Waals surface area contributed by atoms with E-state index in [2.05, 4.69) is 21.1 Å². The molecule has 0 amide bonds. The number of Topliss-reactive ketones (excluding diaryl/α,β-unsaturated/α-hetero) is 2. The molecule has 2 aliphatic rings. The van der Waals surface area contributed by atoms with Crippen LogP contribution in [0.3, 0.4) is 0 Å². The number of benzene rings is 4. The molecule has 0 bridgehead atoms. The van der Waals surface area contributed by atoms with Crippen molar-refractivity contribution in [1.82, 2.24) is 0 Å². The molecule has 0 fully saturated rings. The predicted octanol–water partition coefficient (Wildman–Crippen LogP) is 2.11. The standard InChI is InChI=1S/C34H28N6O14S4/c1-15-11-17(3-7-21(15)37-39-23-9-5-19-25(55(43,44)45)13-27(57(49,50)51)31(35)29(19)33(23)41)18-4-8-22(16(2)12-18)38-40-24-10-6-20-26(56(46,47)48)14-28(58(52,53)54)32(36)30(20)34(24)42/h3-14,37-38H,35-36H2,1-2H3,(H,43,44,45)(H,46,47,48)(H,49,50,51)(H,52,53,54)/p-4. The molecule has 4 aromatic carbocycles. The van der Waals surface area contributed by atoms with Gasteiger partial charge in [-0.25, -0.2) is 33.7 Å². The Bertz CT molecular complexity index is 2930. The fourth-order valence-corrected chi connectivity index (χ4v) is 8.89. The van der Waals surface area contributed by atoms with Crippen LogP contribution in [0.15, 0.2) is 90.5 Å². The van der Waals surface area contributed by atoms with Gasteiger partial charge in [-0.3, -0.25) is 20.4 Å². The third-order valence-corrected chi connectivity index (χ3v) is 12.4. The number of ketones is 2. The first-order chi connectivity index (χ1) is 26.8. The van der Waals surface area contributed by atoms with Crippen molar-refractivity contribution in [3.63, 3.8) is 0 Å². The summed E-state index contributed by atoms with van der Waals surface area (Å²) in [6.07, 6.45) is 4.21. The maximum atomic E-state index is 13.3. The van der Waals surface area contributed by atoms with Crippen molar-refractivity contribution in [1.29, 1.82) is 0 Å². The quantitative estimate of drug-likeness (QED) is 0.106. The molecule has 20 nitrogen and oxygen atoms in total. The lowest BCUT2D eigenvalue weighted by molar-refractivity contribution is 0.105. The van der Waals surface area contributed by atoms with E-state index in [1.807, 2.05) is 0 Å². The summed E-state index contributed by atoms with van der Waals surface area (Å²) in [5.41, 5.74) is 15.6. The van der Waals surface area contributed by atoms with E-state index in [4.69, 9.17) is 11.5 Å². The molecule has 58 heavy (non-hydrogen) atoms. The summed E-state index contributed by atoms with van der Waals surface area (Å²) < 4.78 is 142. The summed E-state index contributed by atoms with van der Waals surface area (Å²) >= 11 is 0. The van der Waals surface area contributed by atoms with Crippen LogP contribution < -0.4 is 22.3 Å². The zero-order chi connectivity index (χ0) is 42.9. The Morgan fingerprint density at radius 3 is 1.12 bits per heavy atom. The number of hydrogen-bond donors (Lipinski definition) is 4. The number of carbonyl (C=O) groups is 2. The van der Waals surface area contributed by atoms with Crippen LogP contribution in [0, 0.1) is 13.8 Å². The van der Waals surface area contributed by atoms with E-state index in [1.54, 1.807) is 50.2 Å². The molecule has 0 aromatic heterocycles. The monoisotopic (exact) mass is 868 g/mol. The Hall–Kier alpha value is -6.12. The summed E-state index contributed by atoms with van der Waals surface area (Å²) in [4.78, 5) is 21.9. The summed E-state index contributed by atoms with van der Waals surface area (Å²) in [6.45, 7) is 3.41. The number of fused-ring (bicyclic) bond motifs is 2. The van der Waals surface area contributed by atoms with Crippen LogP contribution in [0.5, 0.6) is 0 Å². The highest BCUT2D eigenvalue weighted by Crippen LogP contribution is 2.37. The fraction of sp³-hybridized carbons (Fsp3) is 0.0588. The molecule has 4 aromatic rings. The van der Waals surface area contributed by atoms with Gasteiger partial charge in [-0.2, -0.15) is 10.2 Å². The average molecular weight is 869 g/mol. The highest BCUT2D eigenvalue weighted by atomic mass is 32.2. The van der Waals surface area contributed by atoms with E-state index in [1.165, 1.54) is 0 Å². The van der Waals surface area contributed by atoms with Gasteiger partial charge in [0, 0.05) is 11.1 Å². The molecule has 302 valence electrons. The molecule has 0 aliphatic heterocycles. The summed E-state index contributed by atoms with van der Waals surface area (Å²) in [7, 11) is -21.5. The van der Waals surface area contributed by atoms with E-state index in [-0.39, 0.29) is 11.4 Å². The molecule has 0 radical (unpaired) electrons. The number of carbonyl (C=O) groups excluding carboxylic acids is 2. The fourth-order valence-electron chi connectivity index (χ4n) is 6.07. The molecule has 0 atom stereocenters. The van der Waals surface area contributed by atoms with Crippen molar-refractivity contribution in [2.45, 2.75) is 33.4 Å². The van der Waals surface area contributed by atoms with Gasteiger partial charge < -0.3 is 29.7 Å². The third-order valence-electron chi connectivity index (χ3n) is 8.86. The molecule has 0 heterocycles. The molecular weight excluding hydrogens is 845 g/mol. The van der Waals surface area contributed by atoms with Crippen LogP contribution in [0.25, 0.3) is 23.3 Å². The zero-order valence-corrected chi connectivity index (χ0v) is 32.6. The summed E-state index contributed by atoms with van der Waals surface area (Å²) in [5.74, 6) is -2.13. The van der Waals surface area contributed by atoms with Crippen LogP contribution in [0.4, 0.5) is 22.7 Å². The first-order valence-electron chi connectivity index (χ1n) is 15.9. The Kier molecular flexibility index (Phi) is 10.3. The van der Waals surface area contributed by atoms with Gasteiger partial charge in [0.25, 0.3) is 0 Å². The van der Waals surface area contributed by atoms with Crippen LogP contribution in [0.1, 0.15) is 43.0 Å². The minimum Gasteiger partial charge on any atom is -0.744 e. The Morgan fingerprint density at radius 1 is 0.500 bits per heavy atom. The van der Waals surface area contributed by atoms with Crippen molar-refractivity contribution in [2.24, 2.45) is 10.2 Å². The lowest BCUT2D eigenvalue weighted by atomic mass is 9.93.